The molecule has 2 aliphatic heterocycles. The number of thioether (sulfide) groups is 1. The van der Waals surface area contributed by atoms with Crippen molar-refractivity contribution < 1.29 is 22.7 Å². The Hall–Kier alpha value is -3.18. The first kappa shape index (κ1) is 26.9. The average Bonchev–Trinajstić information content (AvgIpc) is 3.25. The monoisotopic (exact) mass is 542 g/mol. The first-order chi connectivity index (χ1) is 17.6. The minimum Gasteiger partial charge on any atom is -0.457 e. The van der Waals surface area contributed by atoms with Crippen molar-refractivity contribution in [2.75, 3.05) is 18.1 Å². The van der Waals surface area contributed by atoms with Gasteiger partial charge in [0.2, 0.25) is 5.91 Å². The van der Waals surface area contributed by atoms with E-state index in [0.29, 0.717) is 60.0 Å². The van der Waals surface area contributed by atoms with Gasteiger partial charge < -0.3 is 15.0 Å². The summed E-state index contributed by atoms with van der Waals surface area (Å²) >= 11 is 1.07. The van der Waals surface area contributed by atoms with Crippen molar-refractivity contribution in [1.29, 1.82) is 10.8 Å². The molecule has 0 radical (unpaired) electrons. The molecule has 196 valence electrons. The van der Waals surface area contributed by atoms with Gasteiger partial charge in [0.05, 0.1) is 16.5 Å². The SMILES string of the molecule is CC(=N)SC(=N)c1ccc(Oc2cc(C(=O)NC3CCS(=O)(=O)CC3)ccc2CN2CCCC2=O)cc1. The van der Waals surface area contributed by atoms with Gasteiger partial charge in [0.25, 0.3) is 5.91 Å². The van der Waals surface area contributed by atoms with Crippen molar-refractivity contribution >= 4 is 43.5 Å². The van der Waals surface area contributed by atoms with E-state index < -0.39 is 9.84 Å². The molecular formula is C26H30N4O5S2. The van der Waals surface area contributed by atoms with Crippen LogP contribution in [-0.4, -0.2) is 59.3 Å². The van der Waals surface area contributed by atoms with Crippen LogP contribution in [0.15, 0.2) is 42.5 Å². The molecule has 2 aliphatic rings. The van der Waals surface area contributed by atoms with E-state index in [4.69, 9.17) is 15.6 Å². The molecule has 2 saturated heterocycles. The van der Waals surface area contributed by atoms with Crippen LogP contribution in [-0.2, 0) is 21.2 Å². The third kappa shape index (κ3) is 7.20. The van der Waals surface area contributed by atoms with E-state index in [2.05, 4.69) is 5.32 Å². The molecule has 3 N–H and O–H groups in total. The Morgan fingerprint density at radius 3 is 2.41 bits per heavy atom. The topological polar surface area (TPSA) is 140 Å². The van der Waals surface area contributed by atoms with Crippen molar-refractivity contribution in [3.63, 3.8) is 0 Å². The number of carbonyl (C=O) groups is 2. The maximum atomic E-state index is 13.0. The minimum absolute atomic E-state index is 0.0699. The van der Waals surface area contributed by atoms with Gasteiger partial charge in [-0.1, -0.05) is 17.8 Å². The van der Waals surface area contributed by atoms with Gasteiger partial charge in [0.15, 0.2) is 0 Å². The summed E-state index contributed by atoms with van der Waals surface area (Å²) in [6, 6.07) is 11.9. The Labute approximate surface area is 220 Å². The molecule has 4 rings (SSSR count). The molecule has 11 heteroatoms. The van der Waals surface area contributed by atoms with Crippen LogP contribution in [0.1, 0.15) is 54.1 Å². The molecule has 2 aromatic carbocycles. The van der Waals surface area contributed by atoms with E-state index in [-0.39, 0.29) is 34.4 Å². The molecule has 0 atom stereocenters. The number of nitrogens with zero attached hydrogens (tertiary/aromatic N) is 1. The molecule has 2 fully saturated rings. The Bertz CT molecular complexity index is 1310. The molecule has 37 heavy (non-hydrogen) atoms. The number of nitrogens with one attached hydrogen (secondary N) is 3. The van der Waals surface area contributed by atoms with Crippen LogP contribution in [0.3, 0.4) is 0 Å². The van der Waals surface area contributed by atoms with E-state index >= 15 is 0 Å². The van der Waals surface area contributed by atoms with E-state index in [1.807, 2.05) is 0 Å². The second kappa shape index (κ2) is 11.5. The summed E-state index contributed by atoms with van der Waals surface area (Å²) in [6.45, 7) is 2.67. The predicted molar refractivity (Wildman–Crippen MR) is 145 cm³/mol. The van der Waals surface area contributed by atoms with E-state index in [9.17, 15) is 18.0 Å². The fourth-order valence-corrected chi connectivity index (χ4v) is 6.37. The number of sulfone groups is 1. The van der Waals surface area contributed by atoms with Gasteiger partial charge in [0.1, 0.15) is 26.4 Å². The maximum Gasteiger partial charge on any atom is 0.251 e. The van der Waals surface area contributed by atoms with Crippen LogP contribution >= 0.6 is 11.8 Å². The molecule has 0 aliphatic carbocycles. The second-order valence-corrected chi connectivity index (χ2v) is 12.8. The lowest BCUT2D eigenvalue weighted by atomic mass is 10.1. The maximum absolute atomic E-state index is 13.0. The zero-order chi connectivity index (χ0) is 26.6. The molecule has 9 nitrogen and oxygen atoms in total. The van der Waals surface area contributed by atoms with Crippen LogP contribution in [0, 0.1) is 10.8 Å². The Kier molecular flexibility index (Phi) is 8.33. The summed E-state index contributed by atoms with van der Waals surface area (Å²) in [6.07, 6.45) is 2.12. The lowest BCUT2D eigenvalue weighted by Gasteiger charge is -2.23. The van der Waals surface area contributed by atoms with Crippen molar-refractivity contribution in [3.8, 4) is 11.5 Å². The van der Waals surface area contributed by atoms with Crippen LogP contribution in [0.25, 0.3) is 0 Å². The first-order valence-corrected chi connectivity index (χ1v) is 14.8. The van der Waals surface area contributed by atoms with Crippen LogP contribution in [0.5, 0.6) is 11.5 Å². The van der Waals surface area contributed by atoms with Crippen LogP contribution < -0.4 is 10.1 Å². The molecule has 0 aromatic heterocycles. The van der Waals surface area contributed by atoms with E-state index in [0.717, 1.165) is 23.7 Å². The molecule has 2 heterocycles. The van der Waals surface area contributed by atoms with Gasteiger partial charge in [-0.3, -0.25) is 20.4 Å². The number of benzene rings is 2. The summed E-state index contributed by atoms with van der Waals surface area (Å²) in [5.74, 6) is 0.881. The van der Waals surface area contributed by atoms with E-state index in [1.165, 1.54) is 0 Å². The summed E-state index contributed by atoms with van der Waals surface area (Å²) in [4.78, 5) is 26.9. The summed E-state index contributed by atoms with van der Waals surface area (Å²) < 4.78 is 29.6. The normalized spacial score (nSPS) is 17.4. The lowest BCUT2D eigenvalue weighted by Crippen LogP contribution is -2.40. The first-order valence-electron chi connectivity index (χ1n) is 12.1. The number of hydrogen-bond donors (Lipinski definition) is 3. The summed E-state index contributed by atoms with van der Waals surface area (Å²) in [5.41, 5.74) is 1.81. The Balaban J connectivity index is 1.53. The highest BCUT2D eigenvalue weighted by Crippen LogP contribution is 2.30. The van der Waals surface area contributed by atoms with Gasteiger partial charge in [-0.2, -0.15) is 0 Å². The standard InChI is InChI=1S/C26H30N4O5S2/c1-17(27)36-25(28)18-6-8-22(9-7-18)35-23-15-19(4-5-20(23)16-30-12-2-3-24(30)31)26(32)29-21-10-13-37(33,34)14-11-21/h4-9,15,21,27-28H,2-3,10-14,16H2,1H3,(H,29,32). The number of carbonyl (C=O) groups excluding carboxylic acids is 2. The van der Waals surface area contributed by atoms with Gasteiger partial charge in [-0.15, -0.1) is 0 Å². The van der Waals surface area contributed by atoms with Gasteiger partial charge in [-0.05, 0) is 62.6 Å². The fourth-order valence-electron chi connectivity index (χ4n) is 4.31. The third-order valence-electron chi connectivity index (χ3n) is 6.35. The Morgan fingerprint density at radius 2 is 1.78 bits per heavy atom. The number of hydrogen-bond acceptors (Lipinski definition) is 8. The summed E-state index contributed by atoms with van der Waals surface area (Å²) in [5, 5.41) is 19.2. The number of rotatable bonds is 7. The molecule has 0 bridgehead atoms. The van der Waals surface area contributed by atoms with Crippen LogP contribution in [0.4, 0.5) is 0 Å². The highest BCUT2D eigenvalue weighted by atomic mass is 32.2. The van der Waals surface area contributed by atoms with E-state index in [1.54, 1.807) is 54.3 Å². The van der Waals surface area contributed by atoms with Crippen LogP contribution in [0.2, 0.25) is 0 Å². The summed E-state index contributed by atoms with van der Waals surface area (Å²) in [7, 11) is -3.02. The number of ether oxygens (including phenoxy) is 1. The molecule has 0 unspecified atom stereocenters. The zero-order valence-electron chi connectivity index (χ0n) is 20.6. The zero-order valence-corrected chi connectivity index (χ0v) is 22.2. The smallest absolute Gasteiger partial charge is 0.251 e. The third-order valence-corrected chi connectivity index (χ3v) is 8.81. The van der Waals surface area contributed by atoms with Gasteiger partial charge in [-0.25, -0.2) is 8.42 Å². The molecule has 0 spiro atoms. The number of likely N-dealkylation sites (tertiary alicyclic amines) is 1. The van der Waals surface area contributed by atoms with Crippen molar-refractivity contribution in [1.82, 2.24) is 10.2 Å². The minimum atomic E-state index is -3.02. The quantitative estimate of drug-likeness (QED) is 0.357. The lowest BCUT2D eigenvalue weighted by molar-refractivity contribution is -0.128. The second-order valence-electron chi connectivity index (χ2n) is 9.25. The van der Waals surface area contributed by atoms with Gasteiger partial charge in [0, 0.05) is 42.2 Å². The average molecular weight is 543 g/mol. The molecule has 2 amide bonds. The number of amides is 2. The van der Waals surface area contributed by atoms with Gasteiger partial charge >= 0.3 is 0 Å². The molecule has 0 saturated carbocycles. The highest BCUT2D eigenvalue weighted by molar-refractivity contribution is 8.26. The largest absolute Gasteiger partial charge is 0.457 e. The predicted octanol–water partition coefficient (Wildman–Crippen LogP) is 3.96. The molecule has 2 aromatic rings. The highest BCUT2D eigenvalue weighted by Gasteiger charge is 2.26. The van der Waals surface area contributed by atoms with Crippen molar-refractivity contribution in [3.05, 3.63) is 59.2 Å². The fraction of sp³-hybridized carbons (Fsp3) is 0.385. The van der Waals surface area contributed by atoms with Crippen molar-refractivity contribution in [2.24, 2.45) is 0 Å². The Morgan fingerprint density at radius 1 is 1.11 bits per heavy atom. The van der Waals surface area contributed by atoms with Crippen molar-refractivity contribution in [2.45, 2.75) is 45.2 Å². The molecular weight excluding hydrogens is 512 g/mol.